The van der Waals surface area contributed by atoms with E-state index in [4.69, 9.17) is 11.6 Å². The maximum absolute atomic E-state index is 5.86. The van der Waals surface area contributed by atoms with Crippen LogP contribution in [0.25, 0.3) is 0 Å². The van der Waals surface area contributed by atoms with Gasteiger partial charge in [-0.25, -0.2) is 4.68 Å². The van der Waals surface area contributed by atoms with Crippen LogP contribution >= 0.6 is 11.6 Å². The molecule has 0 amide bonds. The fraction of sp³-hybridized carbons (Fsp3) is 0.667. The van der Waals surface area contributed by atoms with E-state index in [0.717, 1.165) is 18.7 Å². The summed E-state index contributed by atoms with van der Waals surface area (Å²) < 4.78 is 1.68. The molecule has 4 heteroatoms. The second-order valence-corrected chi connectivity index (χ2v) is 2.35. The highest BCUT2D eigenvalue weighted by molar-refractivity contribution is 6.30. The molecule has 1 aromatic rings. The van der Waals surface area contributed by atoms with E-state index in [1.54, 1.807) is 4.68 Å². The zero-order valence-corrected chi connectivity index (χ0v) is 6.89. The highest BCUT2D eigenvalue weighted by Gasteiger charge is 2.05. The summed E-state index contributed by atoms with van der Waals surface area (Å²) >= 11 is 5.86. The predicted octanol–water partition coefficient (Wildman–Crippen LogP) is 1.51. The molecule has 0 bridgehead atoms. The van der Waals surface area contributed by atoms with Gasteiger partial charge in [-0.3, -0.25) is 0 Å². The van der Waals surface area contributed by atoms with Gasteiger partial charge in [0.25, 0.3) is 0 Å². The molecule has 56 valence electrons. The smallest absolute Gasteiger partial charge is 0.150 e. The van der Waals surface area contributed by atoms with Crippen LogP contribution in [0.5, 0.6) is 0 Å². The Balaban J connectivity index is 2.97. The van der Waals surface area contributed by atoms with Crippen LogP contribution in [-0.4, -0.2) is 15.0 Å². The first kappa shape index (κ1) is 7.54. The van der Waals surface area contributed by atoms with Crippen LogP contribution in [0.4, 0.5) is 0 Å². The summed E-state index contributed by atoms with van der Waals surface area (Å²) in [6.45, 7) is 4.78. The molecule has 1 heterocycles. The number of hydrogen-bond donors (Lipinski definition) is 0. The zero-order valence-electron chi connectivity index (χ0n) is 6.13. The quantitative estimate of drug-likeness (QED) is 0.655. The highest BCUT2D eigenvalue weighted by Crippen LogP contribution is 2.11. The Morgan fingerprint density at radius 1 is 1.50 bits per heavy atom. The van der Waals surface area contributed by atoms with Crippen molar-refractivity contribution in [2.24, 2.45) is 0 Å². The molecule has 0 saturated heterocycles. The summed E-state index contributed by atoms with van der Waals surface area (Å²) in [6.07, 6.45) is 0.846. The molecule has 3 nitrogen and oxygen atoms in total. The Hall–Kier alpha value is -0.570. The molecular formula is C6H10ClN3. The number of rotatable bonds is 2. The van der Waals surface area contributed by atoms with E-state index < -0.39 is 0 Å². The lowest BCUT2D eigenvalue weighted by Crippen LogP contribution is -1.95. The van der Waals surface area contributed by atoms with Gasteiger partial charge in [0.05, 0.1) is 0 Å². The van der Waals surface area contributed by atoms with E-state index in [-0.39, 0.29) is 0 Å². The SMILES string of the molecule is CCc1nnn(CC)c1Cl. The molecule has 1 aromatic heterocycles. The van der Waals surface area contributed by atoms with Gasteiger partial charge < -0.3 is 0 Å². The first-order valence-electron chi connectivity index (χ1n) is 3.37. The standard InChI is InChI=1S/C6H10ClN3/c1-3-5-6(7)10(4-2)9-8-5/h3-4H2,1-2H3. The summed E-state index contributed by atoms with van der Waals surface area (Å²) in [5.41, 5.74) is 0.878. The van der Waals surface area contributed by atoms with E-state index >= 15 is 0 Å². The minimum atomic E-state index is 0.671. The second kappa shape index (κ2) is 3.01. The molecule has 0 fully saturated rings. The molecule has 0 aliphatic heterocycles. The molecule has 0 radical (unpaired) electrons. The van der Waals surface area contributed by atoms with Crippen LogP contribution in [0.15, 0.2) is 0 Å². The van der Waals surface area contributed by atoms with Gasteiger partial charge in [-0.15, -0.1) is 5.10 Å². The van der Waals surface area contributed by atoms with Crippen LogP contribution in [0.3, 0.4) is 0 Å². The minimum absolute atomic E-state index is 0.671. The fourth-order valence-electron chi connectivity index (χ4n) is 0.756. The number of aryl methyl sites for hydroxylation is 2. The normalized spacial score (nSPS) is 10.3. The van der Waals surface area contributed by atoms with E-state index in [9.17, 15) is 0 Å². The lowest BCUT2D eigenvalue weighted by atomic mass is 10.4. The van der Waals surface area contributed by atoms with Gasteiger partial charge in [-0.05, 0) is 13.3 Å². The Labute approximate surface area is 65.0 Å². The number of aromatic nitrogens is 3. The van der Waals surface area contributed by atoms with Gasteiger partial charge in [0.15, 0.2) is 0 Å². The summed E-state index contributed by atoms with van der Waals surface area (Å²) in [5, 5.41) is 8.40. The Kier molecular flexibility index (Phi) is 2.27. The van der Waals surface area contributed by atoms with Gasteiger partial charge in [-0.1, -0.05) is 23.7 Å². The highest BCUT2D eigenvalue weighted by atomic mass is 35.5. The zero-order chi connectivity index (χ0) is 7.56. The molecule has 0 spiro atoms. The van der Waals surface area contributed by atoms with Crippen LogP contribution in [0.2, 0.25) is 5.15 Å². The average Bonchev–Trinajstić information content (AvgIpc) is 2.30. The maximum Gasteiger partial charge on any atom is 0.150 e. The molecule has 0 saturated carbocycles. The molecule has 0 unspecified atom stereocenters. The molecule has 10 heavy (non-hydrogen) atoms. The third-order valence-electron chi connectivity index (χ3n) is 1.37. The Morgan fingerprint density at radius 3 is 2.50 bits per heavy atom. The monoisotopic (exact) mass is 159 g/mol. The van der Waals surface area contributed by atoms with Crippen molar-refractivity contribution in [2.45, 2.75) is 26.8 Å². The molecule has 0 N–H and O–H groups in total. The molecule has 0 aromatic carbocycles. The van der Waals surface area contributed by atoms with Crippen molar-refractivity contribution in [1.29, 1.82) is 0 Å². The number of hydrogen-bond acceptors (Lipinski definition) is 2. The van der Waals surface area contributed by atoms with Crippen LogP contribution in [0, 0.1) is 0 Å². The van der Waals surface area contributed by atoms with E-state index in [0.29, 0.717) is 5.15 Å². The van der Waals surface area contributed by atoms with Crippen molar-refractivity contribution in [2.75, 3.05) is 0 Å². The minimum Gasteiger partial charge on any atom is -0.234 e. The van der Waals surface area contributed by atoms with E-state index in [2.05, 4.69) is 10.3 Å². The first-order chi connectivity index (χ1) is 4.79. The largest absolute Gasteiger partial charge is 0.234 e. The van der Waals surface area contributed by atoms with Crippen molar-refractivity contribution in [3.05, 3.63) is 10.8 Å². The van der Waals surface area contributed by atoms with Crippen LogP contribution in [0.1, 0.15) is 19.5 Å². The van der Waals surface area contributed by atoms with Crippen molar-refractivity contribution in [3.8, 4) is 0 Å². The Morgan fingerprint density at radius 2 is 2.20 bits per heavy atom. The predicted molar refractivity (Wildman–Crippen MR) is 40.1 cm³/mol. The molecule has 0 atom stereocenters. The van der Waals surface area contributed by atoms with Crippen molar-refractivity contribution in [3.63, 3.8) is 0 Å². The van der Waals surface area contributed by atoms with E-state index in [1.165, 1.54) is 0 Å². The van der Waals surface area contributed by atoms with Crippen LogP contribution in [-0.2, 0) is 13.0 Å². The fourth-order valence-corrected chi connectivity index (χ4v) is 1.08. The van der Waals surface area contributed by atoms with Gasteiger partial charge in [-0.2, -0.15) is 0 Å². The number of halogens is 1. The van der Waals surface area contributed by atoms with Crippen molar-refractivity contribution >= 4 is 11.6 Å². The lowest BCUT2D eigenvalue weighted by molar-refractivity contribution is 0.627. The molecule has 0 aliphatic rings. The number of nitrogens with zero attached hydrogens (tertiary/aromatic N) is 3. The third kappa shape index (κ3) is 1.14. The molecule has 0 aliphatic carbocycles. The summed E-state index contributed by atoms with van der Waals surface area (Å²) in [6, 6.07) is 0. The average molecular weight is 160 g/mol. The molecule has 1 rings (SSSR count). The van der Waals surface area contributed by atoms with Gasteiger partial charge in [0.1, 0.15) is 10.8 Å². The Bertz CT molecular complexity index is 197. The van der Waals surface area contributed by atoms with Gasteiger partial charge >= 0.3 is 0 Å². The topological polar surface area (TPSA) is 30.7 Å². The van der Waals surface area contributed by atoms with Gasteiger partial charge in [0.2, 0.25) is 0 Å². The van der Waals surface area contributed by atoms with Crippen molar-refractivity contribution < 1.29 is 0 Å². The summed E-state index contributed by atoms with van der Waals surface area (Å²) in [5.74, 6) is 0. The summed E-state index contributed by atoms with van der Waals surface area (Å²) in [7, 11) is 0. The van der Waals surface area contributed by atoms with Crippen molar-refractivity contribution in [1.82, 2.24) is 15.0 Å². The third-order valence-corrected chi connectivity index (χ3v) is 1.79. The summed E-state index contributed by atoms with van der Waals surface area (Å²) in [4.78, 5) is 0. The second-order valence-electron chi connectivity index (χ2n) is 2.00. The maximum atomic E-state index is 5.86. The first-order valence-corrected chi connectivity index (χ1v) is 3.75. The van der Waals surface area contributed by atoms with Gasteiger partial charge in [0, 0.05) is 6.54 Å². The molecular weight excluding hydrogens is 150 g/mol. The van der Waals surface area contributed by atoms with Crippen LogP contribution < -0.4 is 0 Å². The lowest BCUT2D eigenvalue weighted by Gasteiger charge is -1.93. The van der Waals surface area contributed by atoms with E-state index in [1.807, 2.05) is 13.8 Å².